The van der Waals surface area contributed by atoms with Gasteiger partial charge in [0, 0.05) is 55.0 Å². The maximum absolute atomic E-state index is 2.35. The molecular weight excluding hydrogens is 621 g/mol. The molecule has 4 heteroatoms. The smallest absolute Gasteiger partial charge is 0.0468 e. The van der Waals surface area contributed by atoms with Crippen LogP contribution in [0.15, 0.2) is 193 Å². The van der Waals surface area contributed by atoms with Crippen LogP contribution in [0.2, 0.25) is 0 Å². The Morgan fingerprint density at radius 1 is 0.271 bits per heavy atom. The van der Waals surface area contributed by atoms with Crippen LogP contribution >= 0.6 is 22.7 Å². The minimum Gasteiger partial charge on any atom is -0.310 e. The number of hydrogen-bond donors (Lipinski definition) is 0. The van der Waals surface area contributed by atoms with Crippen LogP contribution in [-0.2, 0) is 0 Å². The van der Waals surface area contributed by atoms with E-state index in [1.54, 1.807) is 22.7 Å². The second kappa shape index (κ2) is 13.6. The van der Waals surface area contributed by atoms with Crippen molar-refractivity contribution in [2.45, 2.75) is 0 Å². The summed E-state index contributed by atoms with van der Waals surface area (Å²) in [5.74, 6) is 0. The molecule has 2 nitrogen and oxygen atoms in total. The average molecular weight is 653 g/mol. The molecule has 8 aromatic rings. The highest BCUT2D eigenvalue weighted by molar-refractivity contribution is 7.14. The Hall–Kier alpha value is -5.68. The first-order valence-corrected chi connectivity index (χ1v) is 17.8. The lowest BCUT2D eigenvalue weighted by Crippen LogP contribution is -2.10. The summed E-state index contributed by atoms with van der Waals surface area (Å²) in [6.45, 7) is 0. The fourth-order valence-electron chi connectivity index (χ4n) is 6.29. The Balaban J connectivity index is 1.32. The van der Waals surface area contributed by atoms with E-state index in [-0.39, 0.29) is 0 Å². The molecule has 0 saturated carbocycles. The van der Waals surface area contributed by atoms with Crippen LogP contribution in [0.25, 0.3) is 32.0 Å². The maximum atomic E-state index is 2.35. The number of thiophene rings is 2. The molecule has 48 heavy (non-hydrogen) atoms. The number of para-hydroxylation sites is 4. The van der Waals surface area contributed by atoms with E-state index in [1.807, 2.05) is 0 Å². The minimum absolute atomic E-state index is 1.12. The maximum Gasteiger partial charge on any atom is 0.0468 e. The second-order valence-electron chi connectivity index (χ2n) is 11.4. The third-order valence-corrected chi connectivity index (χ3v) is 10.3. The SMILES string of the molecule is c1ccc(N(c2ccccc2)c2ccc(-c3ccc(N(c4ccccc4)c4ccccc4)cc3-c3cccs3)c(-c3cccs3)c2)cc1. The summed E-state index contributed by atoms with van der Waals surface area (Å²) in [5.41, 5.74) is 11.6. The van der Waals surface area contributed by atoms with Crippen LogP contribution in [0.1, 0.15) is 0 Å². The van der Waals surface area contributed by atoms with Gasteiger partial charge in [0.05, 0.1) is 0 Å². The highest BCUT2D eigenvalue weighted by Crippen LogP contribution is 2.46. The molecule has 0 aliphatic heterocycles. The number of benzene rings is 6. The third-order valence-electron chi connectivity index (χ3n) is 8.44. The molecule has 0 spiro atoms. The summed E-state index contributed by atoms with van der Waals surface area (Å²) in [7, 11) is 0. The Bertz CT molecular complexity index is 1970. The zero-order valence-corrected chi connectivity index (χ0v) is 27.8. The zero-order chi connectivity index (χ0) is 32.1. The van der Waals surface area contributed by atoms with Gasteiger partial charge in [-0.05, 0) is 107 Å². The van der Waals surface area contributed by atoms with E-state index in [0.717, 1.165) is 34.1 Å². The lowest BCUT2D eigenvalue weighted by Gasteiger charge is -2.28. The summed E-state index contributed by atoms with van der Waals surface area (Å²) in [6.07, 6.45) is 0. The van der Waals surface area contributed by atoms with Crippen LogP contribution < -0.4 is 9.80 Å². The van der Waals surface area contributed by atoms with E-state index >= 15 is 0 Å². The Labute approximate surface area is 290 Å². The molecule has 8 rings (SSSR count). The van der Waals surface area contributed by atoms with Crippen LogP contribution in [0, 0.1) is 0 Å². The van der Waals surface area contributed by atoms with E-state index in [2.05, 4.69) is 203 Å². The molecule has 230 valence electrons. The monoisotopic (exact) mass is 652 g/mol. The van der Waals surface area contributed by atoms with Gasteiger partial charge in [-0.3, -0.25) is 0 Å². The van der Waals surface area contributed by atoms with E-state index in [1.165, 1.54) is 32.0 Å². The fraction of sp³-hybridized carbons (Fsp3) is 0. The first-order valence-electron chi connectivity index (χ1n) is 16.0. The molecule has 0 bridgehead atoms. The predicted octanol–water partition coefficient (Wildman–Crippen LogP) is 13.8. The molecule has 0 fully saturated rings. The van der Waals surface area contributed by atoms with Crippen molar-refractivity contribution >= 4 is 56.8 Å². The summed E-state index contributed by atoms with van der Waals surface area (Å²) in [6, 6.07) is 65.0. The van der Waals surface area contributed by atoms with Crippen LogP contribution in [-0.4, -0.2) is 0 Å². The molecule has 0 aliphatic carbocycles. The summed E-state index contributed by atoms with van der Waals surface area (Å²) in [5, 5.41) is 4.33. The molecule has 0 aliphatic rings. The van der Waals surface area contributed by atoms with Crippen molar-refractivity contribution in [3.05, 3.63) is 193 Å². The van der Waals surface area contributed by atoms with Gasteiger partial charge in [0.1, 0.15) is 0 Å². The highest BCUT2D eigenvalue weighted by Gasteiger charge is 2.21. The summed E-state index contributed by atoms with van der Waals surface area (Å²) >= 11 is 3.56. The predicted molar refractivity (Wildman–Crippen MR) is 208 cm³/mol. The average Bonchev–Trinajstić information content (AvgIpc) is 3.90. The quantitative estimate of drug-likeness (QED) is 0.153. The van der Waals surface area contributed by atoms with Crippen molar-refractivity contribution in [1.82, 2.24) is 0 Å². The largest absolute Gasteiger partial charge is 0.310 e. The second-order valence-corrected chi connectivity index (χ2v) is 13.3. The molecule has 6 aromatic carbocycles. The standard InChI is InChI=1S/C44H32N2S2/c1-5-15-33(16-6-1)45(34-17-7-2-8-18-34)37-25-27-39(41(31-37)43-23-13-29-47-43)40-28-26-38(32-42(40)44-24-14-30-48-44)46(35-19-9-3-10-20-35)36-21-11-4-12-22-36/h1-32H. The van der Waals surface area contributed by atoms with Crippen molar-refractivity contribution in [1.29, 1.82) is 0 Å². The van der Waals surface area contributed by atoms with Crippen LogP contribution in [0.3, 0.4) is 0 Å². The molecule has 0 radical (unpaired) electrons. The van der Waals surface area contributed by atoms with Gasteiger partial charge < -0.3 is 9.80 Å². The van der Waals surface area contributed by atoms with Crippen molar-refractivity contribution in [3.8, 4) is 32.0 Å². The van der Waals surface area contributed by atoms with Gasteiger partial charge in [-0.15, -0.1) is 22.7 Å². The van der Waals surface area contributed by atoms with E-state index in [4.69, 9.17) is 0 Å². The first kappa shape index (κ1) is 29.7. The number of nitrogens with zero attached hydrogens (tertiary/aromatic N) is 2. The lowest BCUT2D eigenvalue weighted by molar-refractivity contribution is 1.28. The molecule has 2 heterocycles. The highest BCUT2D eigenvalue weighted by atomic mass is 32.1. The number of anilines is 6. The van der Waals surface area contributed by atoms with Crippen molar-refractivity contribution in [2.75, 3.05) is 9.80 Å². The molecule has 0 unspecified atom stereocenters. The van der Waals surface area contributed by atoms with Gasteiger partial charge in [0.2, 0.25) is 0 Å². The van der Waals surface area contributed by atoms with E-state index in [9.17, 15) is 0 Å². The zero-order valence-electron chi connectivity index (χ0n) is 26.2. The van der Waals surface area contributed by atoms with Crippen molar-refractivity contribution < 1.29 is 0 Å². The van der Waals surface area contributed by atoms with E-state index < -0.39 is 0 Å². The van der Waals surface area contributed by atoms with Gasteiger partial charge >= 0.3 is 0 Å². The Kier molecular flexibility index (Phi) is 8.41. The Morgan fingerprint density at radius 2 is 0.604 bits per heavy atom. The molecule has 0 saturated heterocycles. The van der Waals surface area contributed by atoms with Gasteiger partial charge in [0.25, 0.3) is 0 Å². The van der Waals surface area contributed by atoms with Gasteiger partial charge in [0.15, 0.2) is 0 Å². The molecule has 2 aromatic heterocycles. The molecule has 0 atom stereocenters. The molecule has 0 N–H and O–H groups in total. The van der Waals surface area contributed by atoms with Crippen molar-refractivity contribution in [2.24, 2.45) is 0 Å². The van der Waals surface area contributed by atoms with Gasteiger partial charge in [-0.1, -0.05) is 97.1 Å². The Morgan fingerprint density at radius 3 is 0.896 bits per heavy atom. The fourth-order valence-corrected chi connectivity index (χ4v) is 7.80. The van der Waals surface area contributed by atoms with Crippen molar-refractivity contribution in [3.63, 3.8) is 0 Å². The van der Waals surface area contributed by atoms with E-state index in [0.29, 0.717) is 0 Å². The summed E-state index contributed by atoms with van der Waals surface area (Å²) < 4.78 is 0. The topological polar surface area (TPSA) is 6.48 Å². The number of rotatable bonds is 9. The van der Waals surface area contributed by atoms with Crippen LogP contribution in [0.4, 0.5) is 34.1 Å². The third kappa shape index (κ3) is 5.95. The molecular formula is C44H32N2S2. The molecule has 0 amide bonds. The normalized spacial score (nSPS) is 10.9. The minimum atomic E-state index is 1.12. The lowest BCUT2D eigenvalue weighted by atomic mass is 9.92. The number of hydrogen-bond acceptors (Lipinski definition) is 4. The van der Waals surface area contributed by atoms with Gasteiger partial charge in [-0.2, -0.15) is 0 Å². The van der Waals surface area contributed by atoms with Gasteiger partial charge in [-0.25, -0.2) is 0 Å². The summed E-state index contributed by atoms with van der Waals surface area (Å²) in [4.78, 5) is 7.15. The first-order chi connectivity index (χ1) is 23.8. The van der Waals surface area contributed by atoms with Crippen LogP contribution in [0.5, 0.6) is 0 Å².